The number of amides is 2. The third-order valence-corrected chi connectivity index (χ3v) is 0.868. The highest BCUT2D eigenvalue weighted by Gasteiger charge is 2.10. The third kappa shape index (κ3) is 5.31. The van der Waals surface area contributed by atoms with E-state index in [-0.39, 0.29) is 13.0 Å². The number of aliphatic hydroxyl groups excluding tert-OH is 1. The van der Waals surface area contributed by atoms with Crippen LogP contribution in [0.5, 0.6) is 0 Å². The van der Waals surface area contributed by atoms with E-state index in [9.17, 15) is 9.59 Å². The quantitative estimate of drug-likeness (QED) is 0.393. The van der Waals surface area contributed by atoms with E-state index < -0.39 is 18.1 Å². The van der Waals surface area contributed by atoms with Crippen LogP contribution in [0.25, 0.3) is 0 Å². The highest BCUT2D eigenvalue weighted by Crippen LogP contribution is 1.87. The Morgan fingerprint density at radius 3 is 2.36 bits per heavy atom. The Morgan fingerprint density at radius 1 is 1.45 bits per heavy atom. The van der Waals surface area contributed by atoms with Crippen LogP contribution in [0.15, 0.2) is 0 Å². The lowest BCUT2D eigenvalue weighted by molar-refractivity contribution is -0.155. The van der Waals surface area contributed by atoms with Gasteiger partial charge in [-0.05, 0) is 0 Å². The SMILES string of the molecule is NC(=O)CCOC(O)C(N)=O. The van der Waals surface area contributed by atoms with Crippen molar-refractivity contribution in [1.82, 2.24) is 0 Å². The molecular formula is C5H10N2O4. The van der Waals surface area contributed by atoms with E-state index in [0.29, 0.717) is 0 Å². The highest BCUT2D eigenvalue weighted by atomic mass is 16.6. The Labute approximate surface area is 63.1 Å². The van der Waals surface area contributed by atoms with Crippen molar-refractivity contribution < 1.29 is 19.4 Å². The summed E-state index contributed by atoms with van der Waals surface area (Å²) < 4.78 is 4.39. The van der Waals surface area contributed by atoms with Crippen molar-refractivity contribution in [2.24, 2.45) is 11.5 Å². The Balaban J connectivity index is 3.39. The smallest absolute Gasteiger partial charge is 0.274 e. The van der Waals surface area contributed by atoms with Gasteiger partial charge in [-0.25, -0.2) is 0 Å². The molecule has 0 spiro atoms. The van der Waals surface area contributed by atoms with E-state index in [1.807, 2.05) is 0 Å². The molecule has 0 radical (unpaired) electrons. The van der Waals surface area contributed by atoms with E-state index >= 15 is 0 Å². The minimum absolute atomic E-state index is 0.0512. The molecule has 0 aromatic heterocycles. The standard InChI is InChI=1S/C5H10N2O4/c6-3(8)1-2-11-5(10)4(7)9/h5,10H,1-2H2,(H2,6,8)(H2,7,9). The molecule has 0 aliphatic heterocycles. The molecular weight excluding hydrogens is 152 g/mol. The van der Waals surface area contributed by atoms with Crippen LogP contribution in [0.1, 0.15) is 6.42 Å². The molecule has 6 heteroatoms. The second-order valence-corrected chi connectivity index (χ2v) is 1.84. The van der Waals surface area contributed by atoms with Crippen molar-refractivity contribution in [1.29, 1.82) is 0 Å². The average molecular weight is 162 g/mol. The van der Waals surface area contributed by atoms with Crippen LogP contribution in [0.3, 0.4) is 0 Å². The van der Waals surface area contributed by atoms with Crippen LogP contribution in [0.4, 0.5) is 0 Å². The molecule has 1 unspecified atom stereocenters. The van der Waals surface area contributed by atoms with Crippen LogP contribution in [0.2, 0.25) is 0 Å². The predicted molar refractivity (Wildman–Crippen MR) is 35.0 cm³/mol. The van der Waals surface area contributed by atoms with E-state index in [0.717, 1.165) is 0 Å². The van der Waals surface area contributed by atoms with Gasteiger partial charge in [-0.2, -0.15) is 0 Å². The van der Waals surface area contributed by atoms with Crippen molar-refractivity contribution in [3.8, 4) is 0 Å². The molecule has 64 valence electrons. The van der Waals surface area contributed by atoms with Gasteiger partial charge < -0.3 is 21.3 Å². The molecule has 5 N–H and O–H groups in total. The summed E-state index contributed by atoms with van der Waals surface area (Å²) in [5.41, 5.74) is 9.36. The number of hydrogen-bond acceptors (Lipinski definition) is 4. The molecule has 6 nitrogen and oxygen atoms in total. The summed E-state index contributed by atoms with van der Waals surface area (Å²) in [4.78, 5) is 20.2. The lowest BCUT2D eigenvalue weighted by Gasteiger charge is -2.05. The first kappa shape index (κ1) is 9.86. The first-order valence-electron chi connectivity index (χ1n) is 2.91. The maximum Gasteiger partial charge on any atom is 0.274 e. The molecule has 0 aliphatic rings. The molecule has 2 amide bonds. The van der Waals surface area contributed by atoms with E-state index in [1.54, 1.807) is 0 Å². The fourth-order valence-electron chi connectivity index (χ4n) is 0.353. The first-order chi connectivity index (χ1) is 5.04. The molecule has 0 aromatic rings. The van der Waals surface area contributed by atoms with Gasteiger partial charge in [0.2, 0.25) is 12.2 Å². The van der Waals surface area contributed by atoms with Crippen molar-refractivity contribution >= 4 is 11.8 Å². The fraction of sp³-hybridized carbons (Fsp3) is 0.600. The van der Waals surface area contributed by atoms with Gasteiger partial charge in [0.25, 0.3) is 5.91 Å². The third-order valence-electron chi connectivity index (χ3n) is 0.868. The largest absolute Gasteiger partial charge is 0.370 e. The van der Waals surface area contributed by atoms with Gasteiger partial charge in [0, 0.05) is 6.42 Å². The van der Waals surface area contributed by atoms with Crippen LogP contribution in [-0.2, 0) is 14.3 Å². The first-order valence-corrected chi connectivity index (χ1v) is 2.91. The number of nitrogens with two attached hydrogens (primary N) is 2. The molecule has 0 saturated carbocycles. The van der Waals surface area contributed by atoms with Crippen LogP contribution in [0, 0.1) is 0 Å². The highest BCUT2D eigenvalue weighted by molar-refractivity contribution is 5.77. The Bertz CT molecular complexity index is 159. The second-order valence-electron chi connectivity index (χ2n) is 1.84. The minimum atomic E-state index is -1.66. The zero-order valence-electron chi connectivity index (χ0n) is 5.82. The molecule has 1 atom stereocenters. The Morgan fingerprint density at radius 2 is 2.00 bits per heavy atom. The summed E-state index contributed by atoms with van der Waals surface area (Å²) >= 11 is 0. The molecule has 11 heavy (non-hydrogen) atoms. The van der Waals surface area contributed by atoms with Gasteiger partial charge in [-0.15, -0.1) is 0 Å². The summed E-state index contributed by atoms with van der Waals surface area (Å²) in [5, 5.41) is 8.59. The number of hydrogen-bond donors (Lipinski definition) is 3. The van der Waals surface area contributed by atoms with Crippen LogP contribution in [-0.4, -0.2) is 29.8 Å². The van der Waals surface area contributed by atoms with Crippen LogP contribution >= 0.6 is 0 Å². The Kier molecular flexibility index (Phi) is 4.16. The van der Waals surface area contributed by atoms with E-state index in [4.69, 9.17) is 10.8 Å². The fourth-order valence-corrected chi connectivity index (χ4v) is 0.353. The van der Waals surface area contributed by atoms with Crippen molar-refractivity contribution in [2.75, 3.05) is 6.61 Å². The zero-order chi connectivity index (χ0) is 8.85. The zero-order valence-corrected chi connectivity index (χ0v) is 5.82. The number of primary amides is 2. The van der Waals surface area contributed by atoms with Crippen LogP contribution < -0.4 is 11.5 Å². The van der Waals surface area contributed by atoms with Gasteiger partial charge in [0.05, 0.1) is 6.61 Å². The topological polar surface area (TPSA) is 116 Å². The molecule has 0 rings (SSSR count). The van der Waals surface area contributed by atoms with E-state index in [1.165, 1.54) is 0 Å². The summed E-state index contributed by atoms with van der Waals surface area (Å²) in [6, 6.07) is 0. The van der Waals surface area contributed by atoms with Crippen molar-refractivity contribution in [2.45, 2.75) is 12.7 Å². The lowest BCUT2D eigenvalue weighted by Crippen LogP contribution is -2.31. The molecule has 0 heterocycles. The summed E-state index contributed by atoms with van der Waals surface area (Å²) in [6.07, 6.45) is -1.71. The average Bonchev–Trinajstić information content (AvgIpc) is 1.86. The second kappa shape index (κ2) is 4.64. The summed E-state index contributed by atoms with van der Waals surface area (Å²) in [6.45, 7) is -0.112. The van der Waals surface area contributed by atoms with E-state index in [2.05, 4.69) is 10.5 Å². The maximum absolute atomic E-state index is 10.1. The lowest BCUT2D eigenvalue weighted by atomic mass is 10.4. The van der Waals surface area contributed by atoms with Gasteiger partial charge in [-0.1, -0.05) is 0 Å². The Hall–Kier alpha value is -1.14. The van der Waals surface area contributed by atoms with Gasteiger partial charge in [0.1, 0.15) is 0 Å². The molecule has 0 aliphatic carbocycles. The number of carbonyl (C=O) groups excluding carboxylic acids is 2. The minimum Gasteiger partial charge on any atom is -0.370 e. The summed E-state index contributed by atoms with van der Waals surface area (Å²) in [5.74, 6) is -1.56. The molecule has 0 bridgehead atoms. The number of carbonyl (C=O) groups is 2. The predicted octanol–water partition coefficient (Wildman–Crippen LogP) is -2.32. The normalized spacial score (nSPS) is 12.5. The number of rotatable bonds is 5. The van der Waals surface area contributed by atoms with Crippen molar-refractivity contribution in [3.05, 3.63) is 0 Å². The van der Waals surface area contributed by atoms with Gasteiger partial charge >= 0.3 is 0 Å². The molecule has 0 aromatic carbocycles. The maximum atomic E-state index is 10.1. The van der Waals surface area contributed by atoms with Crippen molar-refractivity contribution in [3.63, 3.8) is 0 Å². The summed E-state index contributed by atoms with van der Waals surface area (Å²) in [7, 11) is 0. The monoisotopic (exact) mass is 162 g/mol. The molecule has 0 saturated heterocycles. The van der Waals surface area contributed by atoms with Gasteiger partial charge in [0.15, 0.2) is 0 Å². The molecule has 0 fully saturated rings. The number of aliphatic hydroxyl groups is 1. The van der Waals surface area contributed by atoms with Gasteiger partial charge in [-0.3, -0.25) is 9.59 Å². The number of ether oxygens (including phenoxy) is 1.